The minimum Gasteiger partial charge on any atom is -0.316 e. The van der Waals surface area contributed by atoms with Crippen LogP contribution in [0, 0.1) is 16.4 Å². The van der Waals surface area contributed by atoms with E-state index in [0.29, 0.717) is 5.65 Å². The van der Waals surface area contributed by atoms with E-state index in [1.807, 2.05) is 0 Å². The molecule has 0 bridgehead atoms. The van der Waals surface area contributed by atoms with E-state index in [2.05, 4.69) is 15.2 Å². The van der Waals surface area contributed by atoms with Gasteiger partial charge in [-0.3, -0.25) is 9.89 Å². The number of hydrogen-bond acceptors (Lipinski definition) is 3. The van der Waals surface area contributed by atoms with E-state index in [1.165, 1.54) is 12.3 Å². The first-order valence-electron chi connectivity index (χ1n) is 5.22. The number of nitrogens with one attached hydrogen (secondary N) is 2. The highest BCUT2D eigenvalue weighted by atomic mass is 32.1. The van der Waals surface area contributed by atoms with E-state index in [1.54, 1.807) is 0 Å². The highest BCUT2D eigenvalue weighted by Crippen LogP contribution is 2.16. The van der Waals surface area contributed by atoms with Crippen molar-refractivity contribution in [2.75, 3.05) is 0 Å². The van der Waals surface area contributed by atoms with Gasteiger partial charge in [0.1, 0.15) is 28.4 Å². The lowest BCUT2D eigenvalue weighted by Crippen LogP contribution is -2.22. The standard InChI is InChI=1S/C11H6F2N4OS/c12-6-2-1-3-7(13)8(6)17-10(18)5-4-14-16-9(5)15-11(17)19/h1-4H,(H2,14,15,16,19). The Balaban J connectivity index is 2.50. The molecule has 0 spiro atoms. The van der Waals surface area contributed by atoms with Crippen molar-refractivity contribution in [3.8, 4) is 5.69 Å². The van der Waals surface area contributed by atoms with E-state index in [9.17, 15) is 13.6 Å². The summed E-state index contributed by atoms with van der Waals surface area (Å²) in [5.41, 5.74) is -0.837. The number of hydrogen-bond donors (Lipinski definition) is 2. The van der Waals surface area contributed by atoms with Crippen LogP contribution in [0.5, 0.6) is 0 Å². The number of para-hydroxylation sites is 1. The zero-order chi connectivity index (χ0) is 13.6. The maximum absolute atomic E-state index is 13.7. The quantitative estimate of drug-likeness (QED) is 0.670. The number of rotatable bonds is 1. The smallest absolute Gasteiger partial charge is 0.270 e. The second-order valence-corrected chi connectivity index (χ2v) is 4.19. The summed E-state index contributed by atoms with van der Waals surface area (Å²) >= 11 is 4.96. The molecule has 0 aliphatic rings. The summed E-state index contributed by atoms with van der Waals surface area (Å²) in [7, 11) is 0. The first kappa shape index (κ1) is 11.7. The minimum absolute atomic E-state index is 0.120. The van der Waals surface area contributed by atoms with Crippen molar-refractivity contribution in [3.05, 3.63) is 51.2 Å². The van der Waals surface area contributed by atoms with Crippen LogP contribution >= 0.6 is 12.2 Å². The summed E-state index contributed by atoms with van der Waals surface area (Å²) in [6, 6.07) is 3.32. The molecule has 2 heterocycles. The van der Waals surface area contributed by atoms with Crippen LogP contribution < -0.4 is 5.56 Å². The van der Waals surface area contributed by atoms with Crippen LogP contribution in [0.15, 0.2) is 29.2 Å². The van der Waals surface area contributed by atoms with Gasteiger partial charge < -0.3 is 4.98 Å². The Morgan fingerprint density at radius 1 is 1.26 bits per heavy atom. The van der Waals surface area contributed by atoms with Gasteiger partial charge in [-0.05, 0) is 24.4 Å². The topological polar surface area (TPSA) is 66.5 Å². The first-order chi connectivity index (χ1) is 9.09. The minimum atomic E-state index is -0.871. The molecule has 19 heavy (non-hydrogen) atoms. The lowest BCUT2D eigenvalue weighted by Gasteiger charge is -2.08. The molecule has 0 aliphatic carbocycles. The number of halogens is 2. The molecule has 0 fully saturated rings. The fourth-order valence-corrected chi connectivity index (χ4v) is 2.10. The Morgan fingerprint density at radius 2 is 1.95 bits per heavy atom. The number of fused-ring (bicyclic) bond motifs is 1. The van der Waals surface area contributed by atoms with Gasteiger partial charge in [-0.1, -0.05) is 6.07 Å². The first-order valence-corrected chi connectivity index (χ1v) is 5.63. The third-order valence-corrected chi connectivity index (χ3v) is 2.95. The maximum Gasteiger partial charge on any atom is 0.270 e. The highest BCUT2D eigenvalue weighted by molar-refractivity contribution is 7.71. The van der Waals surface area contributed by atoms with Crippen LogP contribution in [0.25, 0.3) is 16.7 Å². The number of nitrogens with zero attached hydrogens (tertiary/aromatic N) is 2. The van der Waals surface area contributed by atoms with Gasteiger partial charge in [0.15, 0.2) is 4.77 Å². The number of aromatic nitrogens is 4. The van der Waals surface area contributed by atoms with Gasteiger partial charge in [-0.2, -0.15) is 5.10 Å². The highest BCUT2D eigenvalue weighted by Gasteiger charge is 2.16. The van der Waals surface area contributed by atoms with Crippen LogP contribution in [-0.2, 0) is 0 Å². The average Bonchev–Trinajstić information content (AvgIpc) is 2.81. The van der Waals surface area contributed by atoms with Crippen molar-refractivity contribution >= 4 is 23.3 Å². The Hall–Kier alpha value is -2.35. The van der Waals surface area contributed by atoms with Gasteiger partial charge in [0.05, 0.1) is 6.20 Å². The molecule has 96 valence electrons. The molecule has 0 saturated heterocycles. The van der Waals surface area contributed by atoms with Crippen LogP contribution in [0.4, 0.5) is 8.78 Å². The molecule has 0 saturated carbocycles. The van der Waals surface area contributed by atoms with E-state index in [4.69, 9.17) is 12.2 Å². The molecule has 0 atom stereocenters. The number of H-pyrrole nitrogens is 2. The second-order valence-electron chi connectivity index (χ2n) is 3.80. The normalized spacial score (nSPS) is 11.1. The molecular weight excluding hydrogens is 274 g/mol. The largest absolute Gasteiger partial charge is 0.316 e. The van der Waals surface area contributed by atoms with Crippen LogP contribution in [-0.4, -0.2) is 19.7 Å². The molecule has 1 aromatic carbocycles. The third kappa shape index (κ3) is 1.68. The third-order valence-electron chi connectivity index (χ3n) is 2.67. The molecule has 3 aromatic rings. The van der Waals surface area contributed by atoms with Crippen LogP contribution in [0.1, 0.15) is 0 Å². The van der Waals surface area contributed by atoms with Crippen molar-refractivity contribution in [1.82, 2.24) is 19.7 Å². The fourth-order valence-electron chi connectivity index (χ4n) is 1.82. The van der Waals surface area contributed by atoms with E-state index in [0.717, 1.165) is 16.7 Å². The zero-order valence-electron chi connectivity index (χ0n) is 9.28. The molecule has 3 rings (SSSR count). The Labute approximate surface area is 109 Å². The summed E-state index contributed by atoms with van der Waals surface area (Å²) in [6.07, 6.45) is 1.26. The Bertz CT molecular complexity index is 875. The van der Waals surface area contributed by atoms with Crippen molar-refractivity contribution in [3.63, 3.8) is 0 Å². The van der Waals surface area contributed by atoms with E-state index >= 15 is 0 Å². The van der Waals surface area contributed by atoms with Crippen molar-refractivity contribution < 1.29 is 8.78 Å². The molecule has 0 aliphatic heterocycles. The molecule has 5 nitrogen and oxygen atoms in total. The summed E-state index contributed by atoms with van der Waals surface area (Å²) in [6.45, 7) is 0. The van der Waals surface area contributed by atoms with E-state index in [-0.39, 0.29) is 10.2 Å². The van der Waals surface area contributed by atoms with Crippen LogP contribution in [0.2, 0.25) is 0 Å². The molecule has 0 unspecified atom stereocenters. The molecular formula is C11H6F2N4OS. The monoisotopic (exact) mass is 280 g/mol. The van der Waals surface area contributed by atoms with Gasteiger partial charge in [-0.25, -0.2) is 13.3 Å². The number of benzene rings is 1. The summed E-state index contributed by atoms with van der Waals surface area (Å²) in [4.78, 5) is 14.9. The lowest BCUT2D eigenvalue weighted by atomic mass is 10.3. The molecule has 8 heteroatoms. The summed E-state index contributed by atoms with van der Waals surface area (Å²) in [5, 5.41) is 6.38. The number of aromatic amines is 2. The summed E-state index contributed by atoms with van der Waals surface area (Å²) < 4.78 is 28.1. The molecule has 0 radical (unpaired) electrons. The fraction of sp³-hybridized carbons (Fsp3) is 0. The average molecular weight is 280 g/mol. The van der Waals surface area contributed by atoms with Gasteiger partial charge in [0, 0.05) is 0 Å². The SMILES string of the molecule is O=c1c2cn[nH]c2[nH]c(=S)n1-c1c(F)cccc1F. The molecule has 2 aromatic heterocycles. The second kappa shape index (κ2) is 4.09. The maximum atomic E-state index is 13.7. The van der Waals surface area contributed by atoms with Crippen LogP contribution in [0.3, 0.4) is 0 Å². The molecule has 0 amide bonds. The predicted octanol–water partition coefficient (Wildman–Crippen LogP) is 2.05. The van der Waals surface area contributed by atoms with Crippen molar-refractivity contribution in [2.24, 2.45) is 0 Å². The van der Waals surface area contributed by atoms with Crippen molar-refractivity contribution in [1.29, 1.82) is 0 Å². The van der Waals surface area contributed by atoms with Gasteiger partial charge >= 0.3 is 0 Å². The zero-order valence-corrected chi connectivity index (χ0v) is 10.1. The predicted molar refractivity (Wildman–Crippen MR) is 66.8 cm³/mol. The van der Waals surface area contributed by atoms with Gasteiger partial charge in [0.25, 0.3) is 5.56 Å². The summed E-state index contributed by atoms with van der Waals surface area (Å²) in [5.74, 6) is -1.74. The van der Waals surface area contributed by atoms with E-state index < -0.39 is 22.9 Å². The van der Waals surface area contributed by atoms with Gasteiger partial charge in [0.2, 0.25) is 0 Å². The lowest BCUT2D eigenvalue weighted by molar-refractivity contribution is 0.565. The molecule has 2 N–H and O–H groups in total. The van der Waals surface area contributed by atoms with Gasteiger partial charge in [-0.15, -0.1) is 0 Å². The Morgan fingerprint density at radius 3 is 2.63 bits per heavy atom. The van der Waals surface area contributed by atoms with Crippen molar-refractivity contribution in [2.45, 2.75) is 0 Å². The Kier molecular flexibility index (Phi) is 2.53.